The Hall–Kier alpha value is -2.62. The maximum Gasteiger partial charge on any atom is 0.192 e. The molecule has 0 radical (unpaired) electrons. The molecule has 5 nitrogen and oxygen atoms in total. The average Bonchev–Trinajstić information content (AvgIpc) is 3.10. The van der Waals surface area contributed by atoms with E-state index in [2.05, 4.69) is 66.1 Å². The standard InChI is InChI=1S/C22H25N5S/c1-4-20(26(2)3)21-24-25-22(27(21)15-18-8-6-5-7-9-18)28-16-19-12-10-17(14-23)11-13-19/h5-13,20H,4,15-16H2,1-3H3/p+1/t20-/m1/s1. The molecule has 2 aromatic carbocycles. The van der Waals surface area contributed by atoms with Gasteiger partial charge in [-0.1, -0.05) is 61.2 Å². The summed E-state index contributed by atoms with van der Waals surface area (Å²) < 4.78 is 2.25. The number of rotatable bonds is 8. The van der Waals surface area contributed by atoms with Gasteiger partial charge in [-0.3, -0.25) is 4.57 Å². The minimum absolute atomic E-state index is 0.306. The van der Waals surface area contributed by atoms with Crippen LogP contribution < -0.4 is 4.90 Å². The van der Waals surface area contributed by atoms with Crippen LogP contribution in [-0.4, -0.2) is 28.9 Å². The van der Waals surface area contributed by atoms with Crippen LogP contribution in [0.4, 0.5) is 0 Å². The molecule has 1 aromatic heterocycles. The lowest BCUT2D eigenvalue weighted by molar-refractivity contribution is -0.893. The molecule has 3 aromatic rings. The van der Waals surface area contributed by atoms with Gasteiger partial charge in [0.25, 0.3) is 0 Å². The fraction of sp³-hybridized carbons (Fsp3) is 0.318. The highest BCUT2D eigenvalue weighted by Crippen LogP contribution is 2.25. The predicted octanol–water partition coefficient (Wildman–Crippen LogP) is 3.09. The highest BCUT2D eigenvalue weighted by molar-refractivity contribution is 7.98. The molecular weight excluding hydrogens is 366 g/mol. The van der Waals surface area contributed by atoms with Crippen molar-refractivity contribution in [1.82, 2.24) is 14.8 Å². The second-order valence-electron chi connectivity index (χ2n) is 7.05. The molecule has 1 heterocycles. The molecule has 0 amide bonds. The smallest absolute Gasteiger partial charge is 0.192 e. The Labute approximate surface area is 171 Å². The van der Waals surface area contributed by atoms with Gasteiger partial charge in [0, 0.05) is 12.2 Å². The summed E-state index contributed by atoms with van der Waals surface area (Å²) in [7, 11) is 4.33. The fourth-order valence-corrected chi connectivity index (χ4v) is 4.15. The van der Waals surface area contributed by atoms with Gasteiger partial charge in [-0.05, 0) is 23.3 Å². The van der Waals surface area contributed by atoms with Crippen LogP contribution in [0.2, 0.25) is 0 Å². The number of nitrogens with zero attached hydrogens (tertiary/aromatic N) is 4. The average molecular weight is 393 g/mol. The molecule has 0 spiro atoms. The third-order valence-corrected chi connectivity index (χ3v) is 5.83. The third-order valence-electron chi connectivity index (χ3n) is 4.80. The van der Waals surface area contributed by atoms with Gasteiger partial charge in [0.05, 0.1) is 32.3 Å². The molecule has 0 aliphatic heterocycles. The van der Waals surface area contributed by atoms with Crippen molar-refractivity contribution in [2.45, 2.75) is 36.8 Å². The monoisotopic (exact) mass is 392 g/mol. The summed E-state index contributed by atoms with van der Waals surface area (Å²) in [6, 6.07) is 20.6. The van der Waals surface area contributed by atoms with Crippen molar-refractivity contribution in [3.05, 3.63) is 77.1 Å². The molecule has 0 unspecified atom stereocenters. The van der Waals surface area contributed by atoms with Crippen LogP contribution in [0, 0.1) is 11.3 Å². The summed E-state index contributed by atoms with van der Waals surface area (Å²) >= 11 is 1.69. The zero-order valence-corrected chi connectivity index (χ0v) is 17.4. The third kappa shape index (κ3) is 4.80. The van der Waals surface area contributed by atoms with E-state index >= 15 is 0 Å². The van der Waals surface area contributed by atoms with Crippen LogP contribution in [0.5, 0.6) is 0 Å². The van der Waals surface area contributed by atoms with Gasteiger partial charge in [0.15, 0.2) is 11.0 Å². The summed E-state index contributed by atoms with van der Waals surface area (Å²) in [5, 5.41) is 19.0. The van der Waals surface area contributed by atoms with E-state index in [0.717, 1.165) is 29.7 Å². The Morgan fingerprint density at radius 1 is 1.04 bits per heavy atom. The second-order valence-corrected chi connectivity index (χ2v) is 7.99. The topological polar surface area (TPSA) is 58.9 Å². The number of thioether (sulfide) groups is 1. The van der Waals surface area contributed by atoms with Crippen LogP contribution in [0.25, 0.3) is 0 Å². The lowest BCUT2D eigenvalue weighted by atomic mass is 10.2. The number of hydrogen-bond donors (Lipinski definition) is 1. The predicted molar refractivity (Wildman–Crippen MR) is 112 cm³/mol. The van der Waals surface area contributed by atoms with Gasteiger partial charge < -0.3 is 4.90 Å². The summed E-state index contributed by atoms with van der Waals surface area (Å²) in [6.45, 7) is 2.96. The number of nitrogens with one attached hydrogen (secondary N) is 1. The first-order chi connectivity index (χ1) is 13.6. The molecule has 28 heavy (non-hydrogen) atoms. The second kappa shape index (κ2) is 9.54. The van der Waals surface area contributed by atoms with Gasteiger partial charge in [-0.15, -0.1) is 10.2 Å². The van der Waals surface area contributed by atoms with E-state index in [1.807, 2.05) is 30.3 Å². The number of benzene rings is 2. The van der Waals surface area contributed by atoms with Crippen LogP contribution >= 0.6 is 11.8 Å². The van der Waals surface area contributed by atoms with E-state index in [1.165, 1.54) is 16.0 Å². The first kappa shape index (κ1) is 20.1. The maximum atomic E-state index is 8.96. The molecule has 1 N–H and O–H groups in total. The fourth-order valence-electron chi connectivity index (χ4n) is 3.25. The highest BCUT2D eigenvalue weighted by atomic mass is 32.2. The van der Waals surface area contributed by atoms with Crippen molar-refractivity contribution in [3.8, 4) is 6.07 Å². The first-order valence-corrected chi connectivity index (χ1v) is 10.5. The molecule has 0 saturated carbocycles. The van der Waals surface area contributed by atoms with Crippen LogP contribution in [0.3, 0.4) is 0 Å². The van der Waals surface area contributed by atoms with E-state index < -0.39 is 0 Å². The number of quaternary nitrogens is 1. The molecule has 0 fully saturated rings. The maximum absolute atomic E-state index is 8.96. The van der Waals surface area contributed by atoms with Gasteiger partial charge in [-0.2, -0.15) is 5.26 Å². The Kier molecular flexibility index (Phi) is 6.85. The minimum Gasteiger partial charge on any atom is -0.331 e. The molecule has 3 rings (SSSR count). The van der Waals surface area contributed by atoms with Crippen molar-refractivity contribution in [3.63, 3.8) is 0 Å². The zero-order valence-electron chi connectivity index (χ0n) is 16.6. The molecular formula is C22H26N5S+. The van der Waals surface area contributed by atoms with E-state index in [-0.39, 0.29) is 0 Å². The van der Waals surface area contributed by atoms with Gasteiger partial charge >= 0.3 is 0 Å². The summed E-state index contributed by atoms with van der Waals surface area (Å²) in [5.41, 5.74) is 3.10. The Morgan fingerprint density at radius 3 is 2.36 bits per heavy atom. The summed E-state index contributed by atoms with van der Waals surface area (Å²) in [5.74, 6) is 1.83. The molecule has 0 aliphatic rings. The summed E-state index contributed by atoms with van der Waals surface area (Å²) in [4.78, 5) is 1.35. The minimum atomic E-state index is 0.306. The van der Waals surface area contributed by atoms with E-state index in [9.17, 15) is 0 Å². The normalized spacial score (nSPS) is 12.1. The van der Waals surface area contributed by atoms with Crippen molar-refractivity contribution in [2.24, 2.45) is 0 Å². The lowest BCUT2D eigenvalue weighted by Crippen LogP contribution is -3.06. The van der Waals surface area contributed by atoms with Crippen molar-refractivity contribution >= 4 is 11.8 Å². The number of nitriles is 1. The van der Waals surface area contributed by atoms with Crippen molar-refractivity contribution in [1.29, 1.82) is 5.26 Å². The van der Waals surface area contributed by atoms with Crippen LogP contribution in [0.1, 0.15) is 41.9 Å². The molecule has 1 atom stereocenters. The number of aromatic nitrogens is 3. The van der Waals surface area contributed by atoms with Gasteiger partial charge in [0.1, 0.15) is 6.04 Å². The number of hydrogen-bond acceptors (Lipinski definition) is 4. The van der Waals surface area contributed by atoms with E-state index in [1.54, 1.807) is 11.8 Å². The SMILES string of the molecule is CC[C@H](c1nnc(SCc2ccc(C#N)cc2)n1Cc1ccccc1)[NH+](C)C. The quantitative estimate of drug-likeness (QED) is 0.599. The summed E-state index contributed by atoms with van der Waals surface area (Å²) in [6.07, 6.45) is 1.01. The van der Waals surface area contributed by atoms with Crippen LogP contribution in [0.15, 0.2) is 59.8 Å². The van der Waals surface area contributed by atoms with Crippen molar-refractivity contribution in [2.75, 3.05) is 14.1 Å². The molecule has 0 bridgehead atoms. The Bertz CT molecular complexity index is 926. The zero-order chi connectivity index (χ0) is 19.9. The highest BCUT2D eigenvalue weighted by Gasteiger charge is 2.25. The molecule has 144 valence electrons. The van der Waals surface area contributed by atoms with E-state index in [0.29, 0.717) is 11.6 Å². The Balaban J connectivity index is 1.86. The first-order valence-electron chi connectivity index (χ1n) is 9.51. The van der Waals surface area contributed by atoms with E-state index in [4.69, 9.17) is 5.26 Å². The largest absolute Gasteiger partial charge is 0.331 e. The lowest BCUT2D eigenvalue weighted by Gasteiger charge is -2.20. The molecule has 0 saturated heterocycles. The molecule has 0 aliphatic carbocycles. The van der Waals surface area contributed by atoms with Gasteiger partial charge in [0.2, 0.25) is 0 Å². The Morgan fingerprint density at radius 2 is 1.75 bits per heavy atom. The van der Waals surface area contributed by atoms with Crippen molar-refractivity contribution < 1.29 is 4.90 Å². The van der Waals surface area contributed by atoms with Gasteiger partial charge in [-0.25, -0.2) is 0 Å². The van der Waals surface area contributed by atoms with Crippen LogP contribution in [-0.2, 0) is 12.3 Å². The molecule has 6 heteroatoms.